The highest BCUT2D eigenvalue weighted by Gasteiger charge is 2.41. The van der Waals surface area contributed by atoms with E-state index in [1.807, 2.05) is 0 Å². The first kappa shape index (κ1) is 16.7. The van der Waals surface area contributed by atoms with Gasteiger partial charge in [0.1, 0.15) is 0 Å². The van der Waals surface area contributed by atoms with E-state index < -0.39 is 24.9 Å². The van der Waals surface area contributed by atoms with E-state index in [1.165, 1.54) is 18.5 Å². The molecule has 0 aliphatic carbocycles. The Hall–Kier alpha value is -2.71. The van der Waals surface area contributed by atoms with Crippen molar-refractivity contribution in [3.05, 3.63) is 48.4 Å². The Balaban J connectivity index is 1.95. The fourth-order valence-corrected chi connectivity index (χ4v) is 1.47. The van der Waals surface area contributed by atoms with Gasteiger partial charge < -0.3 is 10.1 Å². The van der Waals surface area contributed by atoms with Crippen LogP contribution < -0.4 is 10.1 Å². The average molecular weight is 329 g/mol. The topological polar surface area (TPSA) is 64.1 Å². The number of anilines is 1. The Morgan fingerprint density at radius 1 is 1.22 bits per heavy atom. The maximum atomic E-state index is 12.7. The molecule has 0 atom stereocenters. The van der Waals surface area contributed by atoms with Gasteiger partial charge in [-0.1, -0.05) is 0 Å². The van der Waals surface area contributed by atoms with E-state index in [0.29, 0.717) is 5.69 Å². The fraction of sp³-hybridized carbons (Fsp3) is 0.214. The Morgan fingerprint density at radius 3 is 2.48 bits per heavy atom. The first-order valence-corrected chi connectivity index (χ1v) is 6.35. The summed E-state index contributed by atoms with van der Waals surface area (Å²) in [5, 5.41) is 2.57. The molecule has 0 saturated carbocycles. The zero-order valence-electron chi connectivity index (χ0n) is 11.5. The van der Waals surface area contributed by atoms with Gasteiger partial charge in [-0.25, -0.2) is 13.8 Å². The minimum absolute atomic E-state index is 0.148. The van der Waals surface area contributed by atoms with Crippen LogP contribution in [0.4, 0.5) is 23.2 Å². The van der Waals surface area contributed by atoms with E-state index in [0.717, 1.165) is 12.3 Å². The van der Waals surface area contributed by atoms with Crippen LogP contribution in [0.1, 0.15) is 10.4 Å². The number of halogens is 4. The molecule has 0 saturated heterocycles. The second-order valence-electron chi connectivity index (χ2n) is 4.43. The molecule has 0 radical (unpaired) electrons. The molecule has 0 spiro atoms. The molecule has 1 N–H and O–H groups in total. The molecule has 5 nitrogen and oxygen atoms in total. The molecule has 0 unspecified atom stereocenters. The first-order valence-electron chi connectivity index (χ1n) is 6.35. The first-order chi connectivity index (χ1) is 10.9. The minimum atomic E-state index is -4.26. The third-order valence-corrected chi connectivity index (χ3v) is 2.67. The second kappa shape index (κ2) is 7.03. The lowest BCUT2D eigenvalue weighted by atomic mass is 10.2. The van der Waals surface area contributed by atoms with Gasteiger partial charge in [-0.15, -0.1) is 0 Å². The molecule has 23 heavy (non-hydrogen) atoms. The second-order valence-corrected chi connectivity index (χ2v) is 4.43. The van der Waals surface area contributed by atoms with E-state index in [9.17, 15) is 22.4 Å². The summed E-state index contributed by atoms with van der Waals surface area (Å²) in [7, 11) is 0. The van der Waals surface area contributed by atoms with Crippen LogP contribution in [0.2, 0.25) is 0 Å². The van der Waals surface area contributed by atoms with Crippen LogP contribution in [-0.2, 0) is 0 Å². The number of alkyl halides is 4. The Bertz CT molecular complexity index is 651. The molecule has 0 bridgehead atoms. The highest BCUT2D eigenvalue weighted by atomic mass is 19.3. The SMILES string of the molecule is O=C(Nc1ccncc1)c1ccc(OCC(F)(F)C(F)F)nc1. The predicted molar refractivity (Wildman–Crippen MR) is 72.9 cm³/mol. The van der Waals surface area contributed by atoms with Crippen LogP contribution in [-0.4, -0.2) is 34.8 Å². The molecular formula is C14H11F4N3O2. The van der Waals surface area contributed by atoms with Crippen molar-refractivity contribution in [1.29, 1.82) is 0 Å². The lowest BCUT2D eigenvalue weighted by Crippen LogP contribution is -2.33. The molecule has 2 aromatic rings. The third-order valence-electron chi connectivity index (χ3n) is 2.67. The number of nitrogens with one attached hydrogen (secondary N) is 1. The quantitative estimate of drug-likeness (QED) is 0.828. The van der Waals surface area contributed by atoms with Crippen molar-refractivity contribution in [2.75, 3.05) is 11.9 Å². The van der Waals surface area contributed by atoms with Crippen molar-refractivity contribution < 1.29 is 27.1 Å². The van der Waals surface area contributed by atoms with Gasteiger partial charge in [0.2, 0.25) is 5.88 Å². The molecule has 0 aliphatic heterocycles. The highest BCUT2D eigenvalue weighted by Crippen LogP contribution is 2.23. The zero-order chi connectivity index (χ0) is 16.9. The summed E-state index contributed by atoms with van der Waals surface area (Å²) in [6.45, 7) is -1.50. The van der Waals surface area contributed by atoms with E-state index in [-0.39, 0.29) is 11.4 Å². The summed E-state index contributed by atoms with van der Waals surface area (Å²) in [5.41, 5.74) is 0.664. The number of carbonyl (C=O) groups excluding carboxylic acids is 1. The molecule has 2 heterocycles. The summed E-state index contributed by atoms with van der Waals surface area (Å²) in [6.07, 6.45) is 0.252. The highest BCUT2D eigenvalue weighted by molar-refractivity contribution is 6.04. The summed E-state index contributed by atoms with van der Waals surface area (Å²) in [5.74, 6) is -5.03. The molecule has 0 aliphatic rings. The molecule has 1 amide bonds. The van der Waals surface area contributed by atoms with Gasteiger partial charge in [-0.2, -0.15) is 8.78 Å². The largest absolute Gasteiger partial charge is 0.471 e. The average Bonchev–Trinajstić information content (AvgIpc) is 2.54. The van der Waals surface area contributed by atoms with Crippen molar-refractivity contribution >= 4 is 11.6 Å². The number of pyridine rings is 2. The van der Waals surface area contributed by atoms with Crippen LogP contribution in [0.15, 0.2) is 42.9 Å². The van der Waals surface area contributed by atoms with Gasteiger partial charge in [0, 0.05) is 30.3 Å². The van der Waals surface area contributed by atoms with Gasteiger partial charge in [0.25, 0.3) is 5.91 Å². The Kier molecular flexibility index (Phi) is 5.09. The molecule has 122 valence electrons. The number of nitrogens with zero attached hydrogens (tertiary/aromatic N) is 2. The number of carbonyl (C=O) groups is 1. The number of amides is 1. The van der Waals surface area contributed by atoms with Crippen molar-refractivity contribution in [3.8, 4) is 5.88 Å². The minimum Gasteiger partial charge on any atom is -0.471 e. The van der Waals surface area contributed by atoms with Crippen molar-refractivity contribution in [1.82, 2.24) is 9.97 Å². The van der Waals surface area contributed by atoms with Gasteiger partial charge in [-0.05, 0) is 18.2 Å². The van der Waals surface area contributed by atoms with E-state index in [2.05, 4.69) is 20.0 Å². The van der Waals surface area contributed by atoms with E-state index in [1.54, 1.807) is 12.1 Å². The standard InChI is InChI=1S/C14H11F4N3O2/c15-13(16)14(17,18)8-23-11-2-1-9(7-20-11)12(22)21-10-3-5-19-6-4-10/h1-7,13H,8H2,(H,19,21,22). The van der Waals surface area contributed by atoms with Crippen molar-refractivity contribution in [2.45, 2.75) is 12.3 Å². The van der Waals surface area contributed by atoms with Crippen LogP contribution in [0, 0.1) is 0 Å². The lowest BCUT2D eigenvalue weighted by Gasteiger charge is -2.15. The smallest absolute Gasteiger partial charge is 0.340 e. The van der Waals surface area contributed by atoms with Crippen molar-refractivity contribution in [3.63, 3.8) is 0 Å². The van der Waals surface area contributed by atoms with Crippen LogP contribution >= 0.6 is 0 Å². The molecular weight excluding hydrogens is 318 g/mol. The third kappa shape index (κ3) is 4.63. The van der Waals surface area contributed by atoms with Gasteiger partial charge in [0.15, 0.2) is 6.61 Å². The van der Waals surface area contributed by atoms with Crippen LogP contribution in [0.5, 0.6) is 5.88 Å². The maximum absolute atomic E-state index is 12.7. The Labute approximate surface area is 128 Å². The van der Waals surface area contributed by atoms with Gasteiger partial charge in [-0.3, -0.25) is 9.78 Å². The monoisotopic (exact) mass is 329 g/mol. The molecule has 2 rings (SSSR count). The summed E-state index contributed by atoms with van der Waals surface area (Å²) in [6, 6.07) is 5.58. The number of hydrogen-bond acceptors (Lipinski definition) is 4. The molecule has 2 aromatic heterocycles. The summed E-state index contributed by atoms with van der Waals surface area (Å²) < 4.78 is 53.9. The van der Waals surface area contributed by atoms with Crippen LogP contribution in [0.3, 0.4) is 0 Å². The Morgan fingerprint density at radius 2 is 1.91 bits per heavy atom. The van der Waals surface area contributed by atoms with Gasteiger partial charge >= 0.3 is 12.3 Å². The van der Waals surface area contributed by atoms with Crippen LogP contribution in [0.25, 0.3) is 0 Å². The lowest BCUT2D eigenvalue weighted by molar-refractivity contribution is -0.148. The predicted octanol–water partition coefficient (Wildman–Crippen LogP) is 3.01. The normalized spacial score (nSPS) is 11.3. The number of hydrogen-bond donors (Lipinski definition) is 1. The van der Waals surface area contributed by atoms with E-state index >= 15 is 0 Å². The zero-order valence-corrected chi connectivity index (χ0v) is 11.5. The molecule has 0 fully saturated rings. The number of ether oxygens (including phenoxy) is 1. The summed E-state index contributed by atoms with van der Waals surface area (Å²) in [4.78, 5) is 19.3. The number of aromatic nitrogens is 2. The maximum Gasteiger partial charge on any atom is 0.340 e. The summed E-state index contributed by atoms with van der Waals surface area (Å²) >= 11 is 0. The van der Waals surface area contributed by atoms with E-state index in [4.69, 9.17) is 0 Å². The number of rotatable bonds is 6. The van der Waals surface area contributed by atoms with Crippen molar-refractivity contribution in [2.24, 2.45) is 0 Å². The fourth-order valence-electron chi connectivity index (χ4n) is 1.47. The molecule has 9 heteroatoms. The van der Waals surface area contributed by atoms with Gasteiger partial charge in [0.05, 0.1) is 5.56 Å². The molecule has 0 aromatic carbocycles.